The van der Waals surface area contributed by atoms with Crippen LogP contribution in [0, 0.1) is 17.8 Å². The van der Waals surface area contributed by atoms with Gasteiger partial charge in [0.1, 0.15) is 0 Å². The van der Waals surface area contributed by atoms with Gasteiger partial charge in [0, 0.05) is 5.56 Å². The van der Waals surface area contributed by atoms with Gasteiger partial charge in [0.05, 0.1) is 0 Å². The van der Waals surface area contributed by atoms with E-state index in [2.05, 4.69) is 38.8 Å². The molecule has 0 saturated heterocycles. The van der Waals surface area contributed by atoms with E-state index in [0.717, 1.165) is 12.0 Å². The monoisotopic (exact) mass is 172 g/mol. The standard InChI is InChI=1S/C13H16/c1-5-11-7-6-8-12(9-11)10-13(2,3)4/h1,6-9H,10H2,2-4H3. The zero-order valence-electron chi connectivity index (χ0n) is 8.59. The van der Waals surface area contributed by atoms with Gasteiger partial charge in [-0.15, -0.1) is 6.42 Å². The van der Waals surface area contributed by atoms with Crippen molar-refractivity contribution in [1.82, 2.24) is 0 Å². The molecule has 68 valence electrons. The highest BCUT2D eigenvalue weighted by molar-refractivity contribution is 5.35. The SMILES string of the molecule is C#Cc1cccc(CC(C)(C)C)c1. The van der Waals surface area contributed by atoms with Crippen LogP contribution in [0.1, 0.15) is 31.9 Å². The Morgan fingerprint density at radius 1 is 1.31 bits per heavy atom. The van der Waals surface area contributed by atoms with Crippen molar-refractivity contribution in [2.75, 3.05) is 0 Å². The lowest BCUT2D eigenvalue weighted by Crippen LogP contribution is -2.08. The summed E-state index contributed by atoms with van der Waals surface area (Å²) in [5, 5.41) is 0. The maximum absolute atomic E-state index is 5.33. The fourth-order valence-electron chi connectivity index (χ4n) is 1.38. The molecule has 0 N–H and O–H groups in total. The first-order valence-corrected chi connectivity index (χ1v) is 4.57. The lowest BCUT2D eigenvalue weighted by Gasteiger charge is -2.17. The van der Waals surface area contributed by atoms with Gasteiger partial charge in [-0.25, -0.2) is 0 Å². The van der Waals surface area contributed by atoms with Crippen LogP contribution < -0.4 is 0 Å². The van der Waals surface area contributed by atoms with E-state index in [1.807, 2.05) is 12.1 Å². The molecule has 0 aliphatic carbocycles. The number of hydrogen-bond acceptors (Lipinski definition) is 0. The van der Waals surface area contributed by atoms with Crippen LogP contribution in [0.25, 0.3) is 0 Å². The third-order valence-corrected chi connectivity index (χ3v) is 1.83. The van der Waals surface area contributed by atoms with Crippen molar-refractivity contribution < 1.29 is 0 Å². The first-order valence-electron chi connectivity index (χ1n) is 4.57. The van der Waals surface area contributed by atoms with Crippen molar-refractivity contribution >= 4 is 0 Å². The van der Waals surface area contributed by atoms with E-state index in [1.54, 1.807) is 0 Å². The van der Waals surface area contributed by atoms with E-state index < -0.39 is 0 Å². The fraction of sp³-hybridized carbons (Fsp3) is 0.385. The van der Waals surface area contributed by atoms with Gasteiger partial charge in [0.25, 0.3) is 0 Å². The van der Waals surface area contributed by atoms with Gasteiger partial charge in [-0.2, -0.15) is 0 Å². The van der Waals surface area contributed by atoms with E-state index in [0.29, 0.717) is 5.41 Å². The van der Waals surface area contributed by atoms with Crippen molar-refractivity contribution in [3.05, 3.63) is 35.4 Å². The predicted octanol–water partition coefficient (Wildman–Crippen LogP) is 3.26. The Hall–Kier alpha value is -1.22. The highest BCUT2D eigenvalue weighted by Gasteiger charge is 2.10. The summed E-state index contributed by atoms with van der Waals surface area (Å²) in [4.78, 5) is 0. The summed E-state index contributed by atoms with van der Waals surface area (Å²) < 4.78 is 0. The molecule has 0 fully saturated rings. The minimum Gasteiger partial charge on any atom is -0.115 e. The molecular weight excluding hydrogens is 156 g/mol. The van der Waals surface area contributed by atoms with Gasteiger partial charge in [0.15, 0.2) is 0 Å². The quantitative estimate of drug-likeness (QED) is 0.570. The molecule has 1 aromatic rings. The van der Waals surface area contributed by atoms with Gasteiger partial charge in [-0.3, -0.25) is 0 Å². The number of benzene rings is 1. The van der Waals surface area contributed by atoms with Gasteiger partial charge >= 0.3 is 0 Å². The van der Waals surface area contributed by atoms with Gasteiger partial charge < -0.3 is 0 Å². The lowest BCUT2D eigenvalue weighted by molar-refractivity contribution is 0.411. The number of hydrogen-bond donors (Lipinski definition) is 0. The Morgan fingerprint density at radius 2 is 2.00 bits per heavy atom. The van der Waals surface area contributed by atoms with E-state index in [-0.39, 0.29) is 0 Å². The average Bonchev–Trinajstić information content (AvgIpc) is 2.01. The van der Waals surface area contributed by atoms with Crippen LogP contribution in [0.4, 0.5) is 0 Å². The predicted molar refractivity (Wildman–Crippen MR) is 57.5 cm³/mol. The largest absolute Gasteiger partial charge is 0.115 e. The molecule has 0 radical (unpaired) electrons. The Morgan fingerprint density at radius 3 is 2.54 bits per heavy atom. The van der Waals surface area contributed by atoms with Crippen LogP contribution in [-0.2, 0) is 6.42 Å². The highest BCUT2D eigenvalue weighted by Crippen LogP contribution is 2.20. The van der Waals surface area contributed by atoms with Crippen LogP contribution in [0.3, 0.4) is 0 Å². The second-order valence-electron chi connectivity index (χ2n) is 4.58. The van der Waals surface area contributed by atoms with Crippen molar-refractivity contribution in [2.24, 2.45) is 5.41 Å². The summed E-state index contributed by atoms with van der Waals surface area (Å²) in [5.74, 6) is 2.65. The first kappa shape index (κ1) is 9.86. The Bertz CT molecular complexity index is 321. The molecule has 0 amide bonds. The van der Waals surface area contributed by atoms with Crippen LogP contribution >= 0.6 is 0 Å². The number of rotatable bonds is 1. The highest BCUT2D eigenvalue weighted by atomic mass is 14.2. The summed E-state index contributed by atoms with van der Waals surface area (Å²) in [6.07, 6.45) is 6.40. The minimum absolute atomic E-state index is 0.327. The summed E-state index contributed by atoms with van der Waals surface area (Å²) in [6, 6.07) is 8.21. The molecule has 0 atom stereocenters. The van der Waals surface area contributed by atoms with Gasteiger partial charge in [-0.1, -0.05) is 38.8 Å². The summed E-state index contributed by atoms with van der Waals surface area (Å²) in [6.45, 7) is 6.70. The summed E-state index contributed by atoms with van der Waals surface area (Å²) in [5.41, 5.74) is 2.62. The Labute approximate surface area is 81.0 Å². The van der Waals surface area contributed by atoms with Crippen LogP contribution in [-0.4, -0.2) is 0 Å². The van der Waals surface area contributed by atoms with Crippen molar-refractivity contribution in [2.45, 2.75) is 27.2 Å². The molecule has 0 unspecified atom stereocenters. The third kappa shape index (κ3) is 3.34. The van der Waals surface area contributed by atoms with E-state index >= 15 is 0 Å². The zero-order valence-corrected chi connectivity index (χ0v) is 8.59. The lowest BCUT2D eigenvalue weighted by atomic mass is 9.88. The molecule has 0 aliphatic heterocycles. The molecule has 0 heteroatoms. The van der Waals surface area contributed by atoms with E-state index in [4.69, 9.17) is 6.42 Å². The Balaban J connectivity index is 2.86. The Kier molecular flexibility index (Phi) is 2.78. The third-order valence-electron chi connectivity index (χ3n) is 1.83. The van der Waals surface area contributed by atoms with Crippen LogP contribution in [0.5, 0.6) is 0 Å². The topological polar surface area (TPSA) is 0 Å². The molecule has 0 bridgehead atoms. The smallest absolute Gasteiger partial charge is 0.0245 e. The van der Waals surface area contributed by atoms with Crippen molar-refractivity contribution in [3.8, 4) is 12.3 Å². The second-order valence-corrected chi connectivity index (χ2v) is 4.58. The zero-order chi connectivity index (χ0) is 9.90. The van der Waals surface area contributed by atoms with Gasteiger partial charge in [-0.05, 0) is 29.5 Å². The molecule has 13 heavy (non-hydrogen) atoms. The maximum Gasteiger partial charge on any atom is 0.0245 e. The molecule has 0 saturated carbocycles. The minimum atomic E-state index is 0.327. The molecule has 0 aliphatic rings. The molecule has 1 rings (SSSR count). The van der Waals surface area contributed by atoms with E-state index in [9.17, 15) is 0 Å². The van der Waals surface area contributed by atoms with Crippen LogP contribution in [0.15, 0.2) is 24.3 Å². The fourth-order valence-corrected chi connectivity index (χ4v) is 1.38. The van der Waals surface area contributed by atoms with Crippen LogP contribution in [0.2, 0.25) is 0 Å². The van der Waals surface area contributed by atoms with Crippen molar-refractivity contribution in [1.29, 1.82) is 0 Å². The molecular formula is C13H16. The maximum atomic E-state index is 5.33. The van der Waals surface area contributed by atoms with Gasteiger partial charge in [0.2, 0.25) is 0 Å². The normalized spacial score (nSPS) is 10.9. The van der Waals surface area contributed by atoms with E-state index in [1.165, 1.54) is 5.56 Å². The molecule has 0 spiro atoms. The summed E-state index contributed by atoms with van der Waals surface area (Å²) in [7, 11) is 0. The average molecular weight is 172 g/mol. The molecule has 1 aromatic carbocycles. The first-order chi connectivity index (χ1) is 6.01. The van der Waals surface area contributed by atoms with Crippen molar-refractivity contribution in [3.63, 3.8) is 0 Å². The molecule has 0 nitrogen and oxygen atoms in total. The number of terminal acetylenes is 1. The molecule has 0 heterocycles. The molecule has 0 aromatic heterocycles. The summed E-state index contributed by atoms with van der Waals surface area (Å²) >= 11 is 0. The second kappa shape index (κ2) is 3.66.